The summed E-state index contributed by atoms with van der Waals surface area (Å²) in [5.41, 5.74) is 2.05. The Hall–Kier alpha value is -2.15. The van der Waals surface area contributed by atoms with E-state index in [4.69, 9.17) is 0 Å². The SMILES string of the molecule is C1CNCNC1.C=Nc1nc(-c2cccc3cnccc23)cs1. The normalized spacial score (nSPS) is 14.1. The highest BCUT2D eigenvalue weighted by Crippen LogP contribution is 2.31. The summed E-state index contributed by atoms with van der Waals surface area (Å²) in [4.78, 5) is 12.4. The molecule has 0 aliphatic carbocycles. The fraction of sp³-hybridized carbons (Fsp3) is 0.235. The number of aliphatic imine (C=N–C) groups is 1. The van der Waals surface area contributed by atoms with Gasteiger partial charge in [-0.15, -0.1) is 11.3 Å². The third-order valence-corrected chi connectivity index (χ3v) is 4.31. The number of thiazole rings is 1. The number of hydrogen-bond donors (Lipinski definition) is 2. The van der Waals surface area contributed by atoms with E-state index in [9.17, 15) is 0 Å². The minimum Gasteiger partial charge on any atom is -0.304 e. The highest BCUT2D eigenvalue weighted by atomic mass is 32.1. The van der Waals surface area contributed by atoms with E-state index in [2.05, 4.69) is 38.4 Å². The molecule has 0 unspecified atom stereocenters. The Balaban J connectivity index is 0.000000220. The second-order valence-electron chi connectivity index (χ2n) is 5.11. The molecule has 118 valence electrons. The third kappa shape index (κ3) is 3.98. The summed E-state index contributed by atoms with van der Waals surface area (Å²) < 4.78 is 0. The molecule has 0 saturated carbocycles. The number of nitrogens with one attached hydrogen (secondary N) is 2. The zero-order chi connectivity index (χ0) is 15.9. The van der Waals surface area contributed by atoms with Crippen LogP contribution in [0.1, 0.15) is 6.42 Å². The van der Waals surface area contributed by atoms with Crippen molar-refractivity contribution in [2.75, 3.05) is 19.8 Å². The van der Waals surface area contributed by atoms with Crippen LogP contribution in [0.5, 0.6) is 0 Å². The third-order valence-electron chi connectivity index (χ3n) is 3.54. The molecule has 0 bridgehead atoms. The minimum absolute atomic E-state index is 0.700. The number of fused-ring (bicyclic) bond motifs is 1. The lowest BCUT2D eigenvalue weighted by Crippen LogP contribution is -2.37. The zero-order valence-corrected chi connectivity index (χ0v) is 13.6. The fourth-order valence-corrected chi connectivity index (χ4v) is 3.03. The van der Waals surface area contributed by atoms with Gasteiger partial charge in [-0.3, -0.25) is 4.98 Å². The van der Waals surface area contributed by atoms with E-state index in [1.54, 1.807) is 6.20 Å². The number of nitrogens with zero attached hydrogens (tertiary/aromatic N) is 3. The smallest absolute Gasteiger partial charge is 0.209 e. The van der Waals surface area contributed by atoms with Gasteiger partial charge in [0.05, 0.1) is 5.69 Å². The summed E-state index contributed by atoms with van der Waals surface area (Å²) >= 11 is 1.50. The molecule has 0 radical (unpaired) electrons. The molecule has 1 aromatic carbocycles. The van der Waals surface area contributed by atoms with Crippen molar-refractivity contribution < 1.29 is 0 Å². The monoisotopic (exact) mass is 325 g/mol. The molecule has 23 heavy (non-hydrogen) atoms. The van der Waals surface area contributed by atoms with E-state index in [0.29, 0.717) is 5.13 Å². The van der Waals surface area contributed by atoms with Crippen LogP contribution in [-0.2, 0) is 0 Å². The summed E-state index contributed by atoms with van der Waals surface area (Å²) in [7, 11) is 0. The molecule has 1 aliphatic heterocycles. The van der Waals surface area contributed by atoms with Gasteiger partial charge < -0.3 is 10.6 Å². The van der Waals surface area contributed by atoms with Crippen molar-refractivity contribution in [2.45, 2.75) is 6.42 Å². The number of hydrogen-bond acceptors (Lipinski definition) is 6. The molecular weight excluding hydrogens is 306 g/mol. The van der Waals surface area contributed by atoms with Gasteiger partial charge >= 0.3 is 0 Å². The molecular formula is C17H19N5S. The van der Waals surface area contributed by atoms with E-state index in [0.717, 1.165) is 28.7 Å². The summed E-state index contributed by atoms with van der Waals surface area (Å²) in [6.07, 6.45) is 4.93. The minimum atomic E-state index is 0.700. The van der Waals surface area contributed by atoms with E-state index in [1.807, 2.05) is 29.8 Å². The summed E-state index contributed by atoms with van der Waals surface area (Å²) in [6.45, 7) is 6.86. The van der Waals surface area contributed by atoms with E-state index < -0.39 is 0 Å². The van der Waals surface area contributed by atoms with Gasteiger partial charge in [0.15, 0.2) is 0 Å². The number of rotatable bonds is 2. The van der Waals surface area contributed by atoms with Gasteiger partial charge in [0.2, 0.25) is 5.13 Å². The fourth-order valence-electron chi connectivity index (χ4n) is 2.41. The average molecular weight is 325 g/mol. The van der Waals surface area contributed by atoms with Gasteiger partial charge in [-0.05, 0) is 37.7 Å². The molecule has 1 saturated heterocycles. The first-order chi connectivity index (χ1) is 11.4. The maximum absolute atomic E-state index is 4.42. The molecule has 1 fully saturated rings. The summed E-state index contributed by atoms with van der Waals surface area (Å²) in [5.74, 6) is 0. The van der Waals surface area contributed by atoms with Gasteiger partial charge in [0.1, 0.15) is 0 Å². The molecule has 2 N–H and O–H groups in total. The van der Waals surface area contributed by atoms with Crippen LogP contribution >= 0.6 is 11.3 Å². The molecule has 6 heteroatoms. The quantitative estimate of drug-likeness (QED) is 0.710. The Morgan fingerprint density at radius 1 is 1.17 bits per heavy atom. The lowest BCUT2D eigenvalue weighted by atomic mass is 10.1. The number of pyridine rings is 1. The molecule has 3 heterocycles. The molecule has 0 atom stereocenters. The predicted octanol–water partition coefficient (Wildman–Crippen LogP) is 3.22. The lowest BCUT2D eigenvalue weighted by molar-refractivity contribution is 0.496. The van der Waals surface area contributed by atoms with Gasteiger partial charge in [-0.1, -0.05) is 18.2 Å². The predicted molar refractivity (Wildman–Crippen MR) is 97.5 cm³/mol. The Kier molecular flexibility index (Phi) is 5.42. The Labute approximate surface area is 139 Å². The first-order valence-corrected chi connectivity index (χ1v) is 8.43. The largest absolute Gasteiger partial charge is 0.304 e. The van der Waals surface area contributed by atoms with Crippen molar-refractivity contribution in [3.05, 3.63) is 42.0 Å². The van der Waals surface area contributed by atoms with Crippen molar-refractivity contribution in [3.63, 3.8) is 0 Å². The van der Waals surface area contributed by atoms with Gasteiger partial charge in [-0.25, -0.2) is 9.98 Å². The molecule has 1 aliphatic rings. The van der Waals surface area contributed by atoms with Crippen LogP contribution in [0.2, 0.25) is 0 Å². The van der Waals surface area contributed by atoms with Gasteiger partial charge in [-0.2, -0.15) is 0 Å². The second-order valence-corrected chi connectivity index (χ2v) is 5.94. The van der Waals surface area contributed by atoms with Crippen LogP contribution < -0.4 is 10.6 Å². The van der Waals surface area contributed by atoms with Crippen molar-refractivity contribution in [1.82, 2.24) is 20.6 Å². The second kappa shape index (κ2) is 7.92. The highest BCUT2D eigenvalue weighted by molar-refractivity contribution is 7.13. The van der Waals surface area contributed by atoms with Crippen LogP contribution in [0.3, 0.4) is 0 Å². The number of aromatic nitrogens is 2. The Bertz CT molecular complexity index is 762. The van der Waals surface area contributed by atoms with Crippen molar-refractivity contribution >= 4 is 34.0 Å². The summed E-state index contributed by atoms with van der Waals surface area (Å²) in [5, 5.41) is 11.3. The van der Waals surface area contributed by atoms with Crippen LogP contribution in [0.4, 0.5) is 5.13 Å². The van der Waals surface area contributed by atoms with Crippen LogP contribution in [0, 0.1) is 0 Å². The number of benzene rings is 1. The molecule has 0 amide bonds. The first kappa shape index (κ1) is 15.7. The van der Waals surface area contributed by atoms with Gasteiger partial charge in [0, 0.05) is 35.4 Å². The highest BCUT2D eigenvalue weighted by Gasteiger charge is 2.07. The Morgan fingerprint density at radius 3 is 2.70 bits per heavy atom. The molecule has 3 aromatic rings. The van der Waals surface area contributed by atoms with E-state index in [-0.39, 0.29) is 0 Å². The zero-order valence-electron chi connectivity index (χ0n) is 12.8. The average Bonchev–Trinajstić information content (AvgIpc) is 3.12. The Morgan fingerprint density at radius 2 is 2.04 bits per heavy atom. The maximum Gasteiger partial charge on any atom is 0.209 e. The molecule has 0 spiro atoms. The van der Waals surface area contributed by atoms with Gasteiger partial charge in [0.25, 0.3) is 0 Å². The molecule has 2 aromatic heterocycles. The molecule has 4 rings (SSSR count). The van der Waals surface area contributed by atoms with Crippen molar-refractivity contribution in [1.29, 1.82) is 0 Å². The first-order valence-electron chi connectivity index (χ1n) is 7.55. The molecule has 5 nitrogen and oxygen atoms in total. The topological polar surface area (TPSA) is 62.2 Å². The standard InChI is InChI=1S/C13H9N3S.C4H10N2/c1-14-13-16-12(8-17-13)11-4-2-3-9-7-15-6-5-10(9)11;1-2-5-4-6-3-1/h2-8H,1H2;5-6H,1-4H2. The lowest BCUT2D eigenvalue weighted by Gasteiger charge is -2.11. The van der Waals surface area contributed by atoms with Crippen LogP contribution in [0.25, 0.3) is 22.0 Å². The van der Waals surface area contributed by atoms with E-state index >= 15 is 0 Å². The van der Waals surface area contributed by atoms with Crippen LogP contribution in [0.15, 0.2) is 47.0 Å². The van der Waals surface area contributed by atoms with Crippen LogP contribution in [-0.4, -0.2) is 36.4 Å². The maximum atomic E-state index is 4.42. The summed E-state index contributed by atoms with van der Waals surface area (Å²) in [6, 6.07) is 8.12. The van der Waals surface area contributed by atoms with Crippen molar-refractivity contribution in [2.24, 2.45) is 4.99 Å². The van der Waals surface area contributed by atoms with Crippen molar-refractivity contribution in [3.8, 4) is 11.3 Å². The van der Waals surface area contributed by atoms with E-state index in [1.165, 1.54) is 30.8 Å².